The molecule has 3 N–H and O–H groups in total. The molecule has 0 fully saturated rings. The van der Waals surface area contributed by atoms with Gasteiger partial charge in [0.1, 0.15) is 17.4 Å². The van der Waals surface area contributed by atoms with E-state index in [1.165, 1.54) is 0 Å². The fraction of sp³-hybridized carbons (Fsp3) is 0.150. The van der Waals surface area contributed by atoms with Crippen LogP contribution in [-0.2, 0) is 6.42 Å². The van der Waals surface area contributed by atoms with Crippen LogP contribution in [-0.4, -0.2) is 24.9 Å². The van der Waals surface area contributed by atoms with Crippen LogP contribution in [0.5, 0.6) is 5.75 Å². The highest BCUT2D eigenvalue weighted by Crippen LogP contribution is 2.24. The minimum atomic E-state index is -0.334. The molecule has 2 aromatic carbocycles. The zero-order valence-corrected chi connectivity index (χ0v) is 15.6. The molecule has 0 amide bonds. The maximum atomic E-state index is 9.44. The first-order valence-corrected chi connectivity index (χ1v) is 8.43. The lowest BCUT2D eigenvalue weighted by atomic mass is 10.1. The van der Waals surface area contributed by atoms with Crippen molar-refractivity contribution < 1.29 is 5.11 Å². The Labute approximate surface area is 163 Å². The zero-order chi connectivity index (χ0) is 18.1. The van der Waals surface area contributed by atoms with E-state index in [1.807, 2.05) is 49.4 Å². The molecule has 0 bridgehead atoms. The number of benzene rings is 2. The number of nitrogens with two attached hydrogens (primary N) is 1. The Kier molecular flexibility index (Phi) is 5.39. The van der Waals surface area contributed by atoms with Crippen LogP contribution in [0.25, 0.3) is 16.6 Å². The summed E-state index contributed by atoms with van der Waals surface area (Å²) in [6.45, 7) is 1.85. The number of phenolic OH excluding ortho intramolecular Hbond substituents is 1. The van der Waals surface area contributed by atoms with Gasteiger partial charge < -0.3 is 10.8 Å². The minimum absolute atomic E-state index is 0. The molecule has 0 saturated carbocycles. The van der Waals surface area contributed by atoms with Crippen molar-refractivity contribution in [1.29, 1.82) is 0 Å². The highest BCUT2D eigenvalue weighted by molar-refractivity contribution is 5.86. The first-order valence-electron chi connectivity index (χ1n) is 8.43. The Morgan fingerprint density at radius 2 is 1.81 bits per heavy atom. The quantitative estimate of drug-likeness (QED) is 0.564. The number of phenols is 1. The van der Waals surface area contributed by atoms with Crippen LogP contribution < -0.4 is 5.73 Å². The number of aryl methyl sites for hydroxylation is 1. The number of hydrogen-bond donors (Lipinski definition) is 2. The highest BCUT2D eigenvalue weighted by atomic mass is 35.5. The third kappa shape index (κ3) is 3.77. The van der Waals surface area contributed by atoms with E-state index in [0.29, 0.717) is 18.1 Å². The zero-order valence-electron chi connectivity index (χ0n) is 14.8. The Hall–Kier alpha value is -2.96. The summed E-state index contributed by atoms with van der Waals surface area (Å²) in [5.74, 6) is 1.59. The fourth-order valence-electron chi connectivity index (χ4n) is 3.08. The molecule has 4 aromatic rings. The molecule has 0 aliphatic rings. The van der Waals surface area contributed by atoms with Crippen LogP contribution in [0.15, 0.2) is 60.8 Å². The molecular weight excluding hydrogens is 362 g/mol. The second-order valence-corrected chi connectivity index (χ2v) is 6.26. The maximum Gasteiger partial charge on any atom is 0.149 e. The van der Waals surface area contributed by atoms with Gasteiger partial charge in [-0.3, -0.25) is 4.98 Å². The van der Waals surface area contributed by atoms with Crippen molar-refractivity contribution in [2.24, 2.45) is 5.73 Å². The van der Waals surface area contributed by atoms with E-state index in [1.54, 1.807) is 23.0 Å². The lowest BCUT2D eigenvalue weighted by Gasteiger charge is -2.14. The Morgan fingerprint density at radius 1 is 1.07 bits per heavy atom. The standard InChI is InChI=1S/C20H19N5O.ClH/c1-13-23-20(17(21)12-14-7-9-16(26)10-8-14)25(24-13)18-6-2-4-15-5-3-11-22-19(15)18;/h2-11,17,26H,12,21H2,1H3;1H/t17-;/m0./s1. The van der Waals surface area contributed by atoms with Crippen molar-refractivity contribution in [1.82, 2.24) is 19.7 Å². The van der Waals surface area contributed by atoms with E-state index < -0.39 is 0 Å². The summed E-state index contributed by atoms with van der Waals surface area (Å²) in [5.41, 5.74) is 9.20. The van der Waals surface area contributed by atoms with Gasteiger partial charge in [0.2, 0.25) is 0 Å². The summed E-state index contributed by atoms with van der Waals surface area (Å²) >= 11 is 0. The molecule has 2 aromatic heterocycles. The van der Waals surface area contributed by atoms with Crippen molar-refractivity contribution >= 4 is 23.3 Å². The molecule has 1 atom stereocenters. The van der Waals surface area contributed by atoms with Gasteiger partial charge in [0.15, 0.2) is 0 Å². The SMILES string of the molecule is Cc1nc([C@@H](N)Cc2ccc(O)cc2)n(-c2cccc3cccnc23)n1.Cl. The number of hydrogen-bond acceptors (Lipinski definition) is 5. The first-order chi connectivity index (χ1) is 12.6. The summed E-state index contributed by atoms with van der Waals surface area (Å²) in [6.07, 6.45) is 2.36. The van der Waals surface area contributed by atoms with Gasteiger partial charge in [-0.25, -0.2) is 9.67 Å². The molecule has 0 aliphatic carbocycles. The Bertz CT molecular complexity index is 1060. The summed E-state index contributed by atoms with van der Waals surface area (Å²) < 4.78 is 1.79. The molecular formula is C20H20ClN5O. The van der Waals surface area contributed by atoms with Gasteiger partial charge in [-0.15, -0.1) is 12.4 Å². The second kappa shape index (κ2) is 7.73. The molecule has 138 valence electrons. The average Bonchev–Trinajstić information content (AvgIpc) is 3.05. The first kappa shape index (κ1) is 18.8. The van der Waals surface area contributed by atoms with E-state index in [0.717, 1.165) is 22.2 Å². The molecule has 27 heavy (non-hydrogen) atoms. The third-order valence-electron chi connectivity index (χ3n) is 4.30. The Morgan fingerprint density at radius 3 is 2.59 bits per heavy atom. The smallest absolute Gasteiger partial charge is 0.149 e. The lowest BCUT2D eigenvalue weighted by molar-refractivity contribution is 0.475. The Balaban J connectivity index is 0.00000210. The van der Waals surface area contributed by atoms with Gasteiger partial charge in [0.05, 0.1) is 17.2 Å². The van der Waals surface area contributed by atoms with Crippen molar-refractivity contribution in [3.63, 3.8) is 0 Å². The topological polar surface area (TPSA) is 89.8 Å². The van der Waals surface area contributed by atoms with E-state index in [-0.39, 0.29) is 24.2 Å². The van der Waals surface area contributed by atoms with Crippen LogP contribution in [0.1, 0.15) is 23.3 Å². The number of aromatic hydroxyl groups is 1. The molecule has 6 nitrogen and oxygen atoms in total. The molecule has 0 saturated heterocycles. The van der Waals surface area contributed by atoms with Crippen molar-refractivity contribution in [3.05, 3.63) is 78.0 Å². The number of para-hydroxylation sites is 1. The van der Waals surface area contributed by atoms with Crippen molar-refractivity contribution in [2.75, 3.05) is 0 Å². The number of fused-ring (bicyclic) bond motifs is 1. The summed E-state index contributed by atoms with van der Waals surface area (Å²) in [7, 11) is 0. The minimum Gasteiger partial charge on any atom is -0.508 e. The van der Waals surface area contributed by atoms with Crippen LogP contribution >= 0.6 is 12.4 Å². The molecule has 7 heteroatoms. The van der Waals surface area contributed by atoms with E-state index in [9.17, 15) is 5.11 Å². The molecule has 0 unspecified atom stereocenters. The fourth-order valence-corrected chi connectivity index (χ4v) is 3.08. The largest absolute Gasteiger partial charge is 0.508 e. The van der Waals surface area contributed by atoms with E-state index in [4.69, 9.17) is 5.73 Å². The molecule has 4 rings (SSSR count). The molecule has 2 heterocycles. The van der Waals surface area contributed by atoms with Gasteiger partial charge in [0, 0.05) is 11.6 Å². The van der Waals surface area contributed by atoms with Crippen molar-refractivity contribution in [3.8, 4) is 11.4 Å². The average molecular weight is 382 g/mol. The van der Waals surface area contributed by atoms with Crippen LogP contribution in [0.3, 0.4) is 0 Å². The van der Waals surface area contributed by atoms with Gasteiger partial charge in [0.25, 0.3) is 0 Å². The predicted molar refractivity (Wildman–Crippen MR) is 107 cm³/mol. The highest BCUT2D eigenvalue weighted by Gasteiger charge is 2.19. The normalized spacial score (nSPS) is 11.9. The maximum absolute atomic E-state index is 9.44. The summed E-state index contributed by atoms with van der Waals surface area (Å²) in [5, 5.41) is 15.0. The molecule has 0 radical (unpaired) electrons. The van der Waals surface area contributed by atoms with Gasteiger partial charge in [-0.05, 0) is 43.2 Å². The van der Waals surface area contributed by atoms with E-state index >= 15 is 0 Å². The number of rotatable bonds is 4. The van der Waals surface area contributed by atoms with Gasteiger partial charge >= 0.3 is 0 Å². The number of aromatic nitrogens is 4. The lowest BCUT2D eigenvalue weighted by Crippen LogP contribution is -2.19. The monoisotopic (exact) mass is 381 g/mol. The number of halogens is 1. The third-order valence-corrected chi connectivity index (χ3v) is 4.30. The van der Waals surface area contributed by atoms with Crippen LogP contribution in [0, 0.1) is 6.92 Å². The van der Waals surface area contributed by atoms with E-state index in [2.05, 4.69) is 15.1 Å². The van der Waals surface area contributed by atoms with Gasteiger partial charge in [-0.2, -0.15) is 5.10 Å². The van der Waals surface area contributed by atoms with Gasteiger partial charge in [-0.1, -0.05) is 30.3 Å². The van der Waals surface area contributed by atoms with Crippen LogP contribution in [0.2, 0.25) is 0 Å². The summed E-state index contributed by atoms with van der Waals surface area (Å²) in [6, 6.07) is 16.6. The second-order valence-electron chi connectivity index (χ2n) is 6.26. The predicted octanol–water partition coefficient (Wildman–Crippen LogP) is 3.49. The van der Waals surface area contributed by atoms with Crippen molar-refractivity contribution in [2.45, 2.75) is 19.4 Å². The molecule has 0 spiro atoms. The summed E-state index contributed by atoms with van der Waals surface area (Å²) in [4.78, 5) is 9.06. The number of nitrogens with zero attached hydrogens (tertiary/aromatic N) is 4. The number of pyridine rings is 1. The van der Waals surface area contributed by atoms with Crippen LogP contribution in [0.4, 0.5) is 0 Å². The molecule has 0 aliphatic heterocycles.